The van der Waals surface area contributed by atoms with Crippen molar-refractivity contribution in [2.45, 2.75) is 24.9 Å². The normalized spacial score (nSPS) is 15.7. The van der Waals surface area contributed by atoms with E-state index in [2.05, 4.69) is 10.1 Å². The van der Waals surface area contributed by atoms with Crippen LogP contribution in [0.3, 0.4) is 0 Å². The molecule has 186 valence electrons. The third-order valence-electron chi connectivity index (χ3n) is 5.59. The van der Waals surface area contributed by atoms with E-state index in [0.29, 0.717) is 30.2 Å². The van der Waals surface area contributed by atoms with Gasteiger partial charge in [0.05, 0.1) is 46.3 Å². The molecule has 2 aromatic carbocycles. The topological polar surface area (TPSA) is 76.8 Å². The lowest BCUT2D eigenvalue weighted by Gasteiger charge is -2.26. The summed E-state index contributed by atoms with van der Waals surface area (Å²) in [7, 11) is -3.70. The van der Waals surface area contributed by atoms with Crippen LogP contribution in [0.1, 0.15) is 22.4 Å². The molecule has 0 bridgehead atoms. The number of aryl methyl sites for hydroxylation is 2. The molecule has 1 aliphatic heterocycles. The minimum atomic E-state index is -4.50. The van der Waals surface area contributed by atoms with Crippen LogP contribution in [-0.2, 0) is 20.9 Å². The molecule has 0 atom stereocenters. The van der Waals surface area contributed by atoms with Crippen molar-refractivity contribution in [3.05, 3.63) is 70.0 Å². The van der Waals surface area contributed by atoms with Crippen molar-refractivity contribution in [2.75, 3.05) is 26.3 Å². The lowest BCUT2D eigenvalue weighted by atomic mass is 10.2. The predicted octanol–water partition coefficient (Wildman–Crippen LogP) is 4.93. The Labute approximate surface area is 205 Å². The second-order valence-electron chi connectivity index (χ2n) is 7.97. The smallest absolute Gasteiger partial charge is 0.379 e. The zero-order valence-corrected chi connectivity index (χ0v) is 20.5. The van der Waals surface area contributed by atoms with Crippen LogP contribution in [0.5, 0.6) is 0 Å². The summed E-state index contributed by atoms with van der Waals surface area (Å²) in [5.74, 6) is 0. The highest BCUT2D eigenvalue weighted by Gasteiger charge is 2.31. The number of aromatic nitrogens is 2. The summed E-state index contributed by atoms with van der Waals surface area (Å²) in [6.45, 7) is 4.67. The minimum absolute atomic E-state index is 0.0836. The van der Waals surface area contributed by atoms with Crippen LogP contribution in [-0.4, -0.2) is 55.0 Å². The molecule has 12 heteroatoms. The van der Waals surface area contributed by atoms with Crippen LogP contribution in [0, 0.1) is 13.8 Å². The summed E-state index contributed by atoms with van der Waals surface area (Å²) < 4.78 is 73.1. The van der Waals surface area contributed by atoms with E-state index < -0.39 is 21.8 Å². The van der Waals surface area contributed by atoms with E-state index in [1.807, 2.05) is 0 Å². The SMILES string of the molecule is Cc1ccc(S(=O)(=O)N2CCOCC2)cc1N=Cc1c(C)nn(-c2cccc(C(F)(F)F)c2)c1Cl. The van der Waals surface area contributed by atoms with Crippen molar-refractivity contribution >= 4 is 33.5 Å². The largest absolute Gasteiger partial charge is 0.416 e. The Morgan fingerprint density at radius 1 is 1.11 bits per heavy atom. The maximum absolute atomic E-state index is 13.1. The number of sulfonamides is 1. The lowest BCUT2D eigenvalue weighted by molar-refractivity contribution is -0.137. The number of halogens is 4. The van der Waals surface area contributed by atoms with E-state index in [4.69, 9.17) is 16.3 Å². The lowest BCUT2D eigenvalue weighted by Crippen LogP contribution is -2.40. The van der Waals surface area contributed by atoms with E-state index in [-0.39, 0.29) is 28.8 Å². The van der Waals surface area contributed by atoms with Crippen molar-refractivity contribution in [2.24, 2.45) is 4.99 Å². The summed E-state index contributed by atoms with van der Waals surface area (Å²) in [4.78, 5) is 4.54. The van der Waals surface area contributed by atoms with Crippen molar-refractivity contribution in [1.29, 1.82) is 0 Å². The molecule has 4 rings (SSSR count). The number of morpholine rings is 1. The number of hydrogen-bond donors (Lipinski definition) is 0. The van der Waals surface area contributed by atoms with Gasteiger partial charge in [-0.25, -0.2) is 13.1 Å². The van der Waals surface area contributed by atoms with Gasteiger partial charge in [-0.05, 0) is 49.7 Å². The first-order chi connectivity index (χ1) is 16.5. The fourth-order valence-corrected chi connectivity index (χ4v) is 5.35. The van der Waals surface area contributed by atoms with Gasteiger partial charge in [-0.15, -0.1) is 0 Å². The number of benzene rings is 2. The first kappa shape index (κ1) is 25.4. The van der Waals surface area contributed by atoms with E-state index in [0.717, 1.165) is 17.7 Å². The Morgan fingerprint density at radius 2 is 1.83 bits per heavy atom. The minimum Gasteiger partial charge on any atom is -0.379 e. The van der Waals surface area contributed by atoms with Crippen molar-refractivity contribution in [3.63, 3.8) is 0 Å². The average Bonchev–Trinajstić information content (AvgIpc) is 3.11. The third-order valence-corrected chi connectivity index (χ3v) is 7.85. The fourth-order valence-electron chi connectivity index (χ4n) is 3.60. The number of rotatable bonds is 5. The highest BCUT2D eigenvalue weighted by atomic mass is 35.5. The molecule has 0 radical (unpaired) electrons. The summed E-state index contributed by atoms with van der Waals surface area (Å²) >= 11 is 6.46. The van der Waals surface area contributed by atoms with Crippen LogP contribution in [0.25, 0.3) is 5.69 Å². The van der Waals surface area contributed by atoms with Gasteiger partial charge >= 0.3 is 6.18 Å². The monoisotopic (exact) mass is 526 g/mol. The molecule has 3 aromatic rings. The zero-order valence-electron chi connectivity index (χ0n) is 18.9. The second-order valence-corrected chi connectivity index (χ2v) is 10.3. The molecule has 35 heavy (non-hydrogen) atoms. The van der Waals surface area contributed by atoms with Crippen LogP contribution >= 0.6 is 11.6 Å². The molecule has 0 aliphatic carbocycles. The highest BCUT2D eigenvalue weighted by molar-refractivity contribution is 7.89. The van der Waals surface area contributed by atoms with Crippen molar-refractivity contribution in [1.82, 2.24) is 14.1 Å². The van der Waals surface area contributed by atoms with Gasteiger partial charge in [0.15, 0.2) is 0 Å². The summed E-state index contributed by atoms with van der Waals surface area (Å²) in [5, 5.41) is 4.35. The molecule has 2 heterocycles. The molecular formula is C23H22ClF3N4O3S. The number of aliphatic imine (C=N–C) groups is 1. The van der Waals surface area contributed by atoms with E-state index in [1.54, 1.807) is 19.9 Å². The summed E-state index contributed by atoms with van der Waals surface area (Å²) in [6, 6.07) is 9.36. The van der Waals surface area contributed by atoms with Crippen molar-refractivity contribution in [3.8, 4) is 5.69 Å². The Hall–Kier alpha value is -2.73. The first-order valence-corrected chi connectivity index (χ1v) is 12.5. The summed E-state index contributed by atoms with van der Waals surface area (Å²) in [5.41, 5.74) is 1.35. The van der Waals surface area contributed by atoms with Crippen LogP contribution in [0.2, 0.25) is 5.15 Å². The van der Waals surface area contributed by atoms with Gasteiger partial charge in [-0.3, -0.25) is 4.99 Å². The van der Waals surface area contributed by atoms with Gasteiger partial charge in [0.25, 0.3) is 0 Å². The van der Waals surface area contributed by atoms with Crippen LogP contribution in [0.4, 0.5) is 18.9 Å². The average molecular weight is 527 g/mol. The van der Waals surface area contributed by atoms with Gasteiger partial charge in [-0.2, -0.15) is 22.6 Å². The maximum Gasteiger partial charge on any atom is 0.416 e. The van der Waals surface area contributed by atoms with Gasteiger partial charge in [0.1, 0.15) is 5.15 Å². The van der Waals surface area contributed by atoms with E-state index >= 15 is 0 Å². The van der Waals surface area contributed by atoms with Gasteiger partial charge < -0.3 is 4.74 Å². The predicted molar refractivity (Wildman–Crippen MR) is 126 cm³/mol. The Kier molecular flexibility index (Phi) is 7.05. The molecule has 0 unspecified atom stereocenters. The number of ether oxygens (including phenoxy) is 1. The molecule has 7 nitrogen and oxygen atoms in total. The molecule has 1 saturated heterocycles. The molecular weight excluding hydrogens is 505 g/mol. The molecule has 0 spiro atoms. The van der Waals surface area contributed by atoms with Gasteiger partial charge in [-0.1, -0.05) is 23.7 Å². The molecule has 0 amide bonds. The molecule has 1 aliphatic rings. The van der Waals surface area contributed by atoms with Crippen LogP contribution in [0.15, 0.2) is 52.4 Å². The Balaban J connectivity index is 1.66. The molecule has 0 N–H and O–H groups in total. The maximum atomic E-state index is 13.1. The standard InChI is InChI=1S/C23H22ClF3N4O3S/c1-15-6-7-19(35(32,33)30-8-10-34-11-9-30)13-21(15)28-14-20-16(2)29-31(22(20)24)18-5-3-4-17(12-18)23(25,26)27/h3-7,12-14H,8-11H2,1-2H3. The number of nitrogens with zero attached hydrogens (tertiary/aromatic N) is 4. The Morgan fingerprint density at radius 3 is 2.51 bits per heavy atom. The quantitative estimate of drug-likeness (QED) is 0.442. The molecule has 1 fully saturated rings. The molecule has 1 aromatic heterocycles. The van der Waals surface area contributed by atoms with Gasteiger partial charge in [0, 0.05) is 19.3 Å². The number of alkyl halides is 3. The van der Waals surface area contributed by atoms with Gasteiger partial charge in [0.2, 0.25) is 10.0 Å². The second kappa shape index (κ2) is 9.73. The number of hydrogen-bond acceptors (Lipinski definition) is 5. The van der Waals surface area contributed by atoms with E-state index in [9.17, 15) is 21.6 Å². The highest BCUT2D eigenvalue weighted by Crippen LogP contribution is 2.32. The third kappa shape index (κ3) is 5.27. The summed E-state index contributed by atoms with van der Waals surface area (Å²) in [6.07, 6.45) is -3.07. The Bertz CT molecular complexity index is 1380. The fraction of sp³-hybridized carbons (Fsp3) is 0.304. The zero-order chi connectivity index (χ0) is 25.4. The van der Waals surface area contributed by atoms with Crippen LogP contribution < -0.4 is 0 Å². The van der Waals surface area contributed by atoms with E-state index in [1.165, 1.54) is 39.5 Å². The molecule has 0 saturated carbocycles. The van der Waals surface area contributed by atoms with Crippen molar-refractivity contribution < 1.29 is 26.3 Å². The first-order valence-electron chi connectivity index (χ1n) is 10.6.